The number of ketones is 1. The van der Waals surface area contributed by atoms with Crippen LogP contribution in [0.1, 0.15) is 15.9 Å². The van der Waals surface area contributed by atoms with E-state index in [4.69, 9.17) is 11.6 Å². The third kappa shape index (κ3) is 3.27. The Labute approximate surface area is 131 Å². The zero-order chi connectivity index (χ0) is 15.4. The van der Waals surface area contributed by atoms with Gasteiger partial charge in [-0.25, -0.2) is 4.68 Å². The molecule has 0 bridgehead atoms. The summed E-state index contributed by atoms with van der Waals surface area (Å²) in [4.78, 5) is 12.1. The van der Waals surface area contributed by atoms with Crippen molar-refractivity contribution in [2.75, 3.05) is 0 Å². The van der Waals surface area contributed by atoms with E-state index in [9.17, 15) is 4.79 Å². The van der Waals surface area contributed by atoms with Gasteiger partial charge in [-0.2, -0.15) is 0 Å². The monoisotopic (exact) mass is 310 g/mol. The number of allylic oxidation sites excluding steroid dienone is 1. The Balaban J connectivity index is 1.73. The molecule has 0 aliphatic heterocycles. The average Bonchev–Trinajstić information content (AvgIpc) is 3.09. The molecule has 0 radical (unpaired) electrons. The van der Waals surface area contributed by atoms with Crippen LogP contribution in [0.25, 0.3) is 11.8 Å². The highest BCUT2D eigenvalue weighted by Crippen LogP contribution is 2.12. The Morgan fingerprint density at radius 2 is 1.77 bits per heavy atom. The number of hydrogen-bond donors (Lipinski definition) is 0. The molecule has 1 aromatic heterocycles. The maximum absolute atomic E-state index is 12.1. The summed E-state index contributed by atoms with van der Waals surface area (Å²) in [5.74, 6) is -0.0711. The number of rotatable bonds is 4. The van der Waals surface area contributed by atoms with Crippen molar-refractivity contribution < 1.29 is 4.79 Å². The molecule has 5 nitrogen and oxygen atoms in total. The van der Waals surface area contributed by atoms with Gasteiger partial charge in [-0.3, -0.25) is 4.79 Å². The van der Waals surface area contributed by atoms with E-state index in [1.807, 2.05) is 12.1 Å². The summed E-state index contributed by atoms with van der Waals surface area (Å²) in [5, 5.41) is 11.6. The first kappa shape index (κ1) is 14.2. The molecule has 3 aromatic rings. The Kier molecular flexibility index (Phi) is 4.07. The molecule has 6 heteroatoms. The van der Waals surface area contributed by atoms with Crippen molar-refractivity contribution in [3.8, 4) is 5.69 Å². The summed E-state index contributed by atoms with van der Waals surface area (Å²) >= 11 is 5.82. The number of benzene rings is 2. The van der Waals surface area contributed by atoms with Crippen LogP contribution in [0.15, 0.2) is 60.9 Å². The summed E-state index contributed by atoms with van der Waals surface area (Å²) < 4.78 is 1.53. The number of aromatic nitrogens is 4. The lowest BCUT2D eigenvalue weighted by atomic mass is 10.1. The van der Waals surface area contributed by atoms with Crippen LogP contribution in [0.4, 0.5) is 0 Å². The van der Waals surface area contributed by atoms with Crippen molar-refractivity contribution in [2.45, 2.75) is 0 Å². The lowest BCUT2D eigenvalue weighted by Gasteiger charge is -2.00. The van der Waals surface area contributed by atoms with E-state index in [-0.39, 0.29) is 5.78 Å². The zero-order valence-electron chi connectivity index (χ0n) is 11.4. The van der Waals surface area contributed by atoms with Crippen LogP contribution in [-0.4, -0.2) is 26.0 Å². The normalized spacial score (nSPS) is 11.0. The second-order valence-corrected chi connectivity index (χ2v) is 4.99. The number of halogens is 1. The van der Waals surface area contributed by atoms with Crippen LogP contribution < -0.4 is 0 Å². The number of tetrazole rings is 1. The molecule has 0 aliphatic rings. The lowest BCUT2D eigenvalue weighted by molar-refractivity contribution is 0.104. The molecule has 22 heavy (non-hydrogen) atoms. The first-order chi connectivity index (χ1) is 10.7. The minimum Gasteiger partial charge on any atom is -0.289 e. The molecule has 3 rings (SSSR count). The van der Waals surface area contributed by atoms with E-state index in [2.05, 4.69) is 15.5 Å². The summed E-state index contributed by atoms with van der Waals surface area (Å²) in [6.45, 7) is 0. The standard InChI is InChI=1S/C16H11ClN4O/c17-14-6-1-12(2-7-14)3-10-16(22)13-4-8-15(9-5-13)21-11-18-19-20-21/h1-11H/b10-3+. The Morgan fingerprint density at radius 3 is 2.41 bits per heavy atom. The molecule has 1 heterocycles. The Bertz CT molecular complexity index is 793. The van der Waals surface area contributed by atoms with E-state index in [1.54, 1.807) is 42.5 Å². The van der Waals surface area contributed by atoms with Gasteiger partial charge in [0.05, 0.1) is 5.69 Å². The van der Waals surface area contributed by atoms with Crippen molar-refractivity contribution >= 4 is 23.5 Å². The van der Waals surface area contributed by atoms with Gasteiger partial charge in [-0.1, -0.05) is 29.8 Å². The number of carbonyl (C=O) groups is 1. The maximum atomic E-state index is 12.1. The highest BCUT2D eigenvalue weighted by atomic mass is 35.5. The van der Waals surface area contributed by atoms with Crippen LogP contribution >= 0.6 is 11.6 Å². The second-order valence-electron chi connectivity index (χ2n) is 4.55. The predicted molar refractivity (Wildman–Crippen MR) is 84.0 cm³/mol. The number of carbonyl (C=O) groups excluding carboxylic acids is 1. The zero-order valence-corrected chi connectivity index (χ0v) is 12.2. The van der Waals surface area contributed by atoms with Gasteiger partial charge in [0.2, 0.25) is 0 Å². The minimum atomic E-state index is -0.0711. The summed E-state index contributed by atoms with van der Waals surface area (Å²) in [7, 11) is 0. The van der Waals surface area contributed by atoms with Crippen molar-refractivity contribution in [1.82, 2.24) is 20.2 Å². The molecule has 0 atom stereocenters. The second kappa shape index (κ2) is 6.32. The highest BCUT2D eigenvalue weighted by Gasteiger charge is 2.03. The number of hydrogen-bond acceptors (Lipinski definition) is 4. The van der Waals surface area contributed by atoms with Gasteiger partial charge in [-0.15, -0.1) is 5.10 Å². The van der Waals surface area contributed by atoms with E-state index in [0.29, 0.717) is 10.6 Å². The molecular formula is C16H11ClN4O. The molecule has 108 valence electrons. The van der Waals surface area contributed by atoms with Crippen LogP contribution in [0.5, 0.6) is 0 Å². The third-order valence-corrected chi connectivity index (χ3v) is 3.31. The fourth-order valence-corrected chi connectivity index (χ4v) is 2.03. The van der Waals surface area contributed by atoms with Crippen molar-refractivity contribution in [3.63, 3.8) is 0 Å². The average molecular weight is 311 g/mol. The van der Waals surface area contributed by atoms with Crippen LogP contribution in [0, 0.1) is 0 Å². The van der Waals surface area contributed by atoms with Crippen LogP contribution in [-0.2, 0) is 0 Å². The fourth-order valence-electron chi connectivity index (χ4n) is 1.90. The lowest BCUT2D eigenvalue weighted by Crippen LogP contribution is -1.98. The topological polar surface area (TPSA) is 60.7 Å². The first-order valence-corrected chi connectivity index (χ1v) is 6.91. The van der Waals surface area contributed by atoms with Crippen molar-refractivity contribution in [3.05, 3.63) is 77.1 Å². The number of nitrogens with zero attached hydrogens (tertiary/aromatic N) is 4. The highest BCUT2D eigenvalue weighted by molar-refractivity contribution is 6.30. The van der Waals surface area contributed by atoms with Crippen molar-refractivity contribution in [2.24, 2.45) is 0 Å². The molecule has 2 aromatic carbocycles. The smallest absolute Gasteiger partial charge is 0.185 e. The van der Waals surface area contributed by atoms with Gasteiger partial charge in [0, 0.05) is 10.6 Å². The molecular weight excluding hydrogens is 300 g/mol. The fraction of sp³-hybridized carbons (Fsp3) is 0. The first-order valence-electron chi connectivity index (χ1n) is 6.54. The van der Waals surface area contributed by atoms with Crippen LogP contribution in [0.2, 0.25) is 5.02 Å². The Hall–Kier alpha value is -2.79. The predicted octanol–water partition coefficient (Wildman–Crippen LogP) is 3.21. The van der Waals surface area contributed by atoms with Gasteiger partial charge >= 0.3 is 0 Å². The van der Waals surface area contributed by atoms with E-state index in [0.717, 1.165) is 11.3 Å². The molecule has 0 fully saturated rings. The van der Waals surface area contributed by atoms with E-state index >= 15 is 0 Å². The largest absolute Gasteiger partial charge is 0.289 e. The summed E-state index contributed by atoms with van der Waals surface area (Å²) in [6.07, 6.45) is 4.79. The third-order valence-electron chi connectivity index (χ3n) is 3.06. The van der Waals surface area contributed by atoms with E-state index in [1.165, 1.54) is 17.1 Å². The van der Waals surface area contributed by atoms with Gasteiger partial charge < -0.3 is 0 Å². The van der Waals surface area contributed by atoms with Gasteiger partial charge in [0.15, 0.2) is 5.78 Å². The van der Waals surface area contributed by atoms with Gasteiger partial charge in [0.1, 0.15) is 6.33 Å². The molecule has 0 unspecified atom stereocenters. The SMILES string of the molecule is O=C(/C=C/c1ccc(Cl)cc1)c1ccc(-n2cnnn2)cc1. The molecule has 0 saturated heterocycles. The van der Waals surface area contributed by atoms with E-state index < -0.39 is 0 Å². The molecule has 0 amide bonds. The molecule has 0 saturated carbocycles. The molecule has 0 N–H and O–H groups in total. The van der Waals surface area contributed by atoms with Crippen molar-refractivity contribution in [1.29, 1.82) is 0 Å². The summed E-state index contributed by atoms with van der Waals surface area (Å²) in [5.41, 5.74) is 2.31. The van der Waals surface area contributed by atoms with Crippen LogP contribution in [0.3, 0.4) is 0 Å². The van der Waals surface area contributed by atoms with Gasteiger partial charge in [-0.05, 0) is 58.5 Å². The van der Waals surface area contributed by atoms with Gasteiger partial charge in [0.25, 0.3) is 0 Å². The maximum Gasteiger partial charge on any atom is 0.185 e. The summed E-state index contributed by atoms with van der Waals surface area (Å²) in [6, 6.07) is 14.3. The minimum absolute atomic E-state index is 0.0711. The Morgan fingerprint density at radius 1 is 1.05 bits per heavy atom. The molecule has 0 aliphatic carbocycles. The molecule has 0 spiro atoms. The quantitative estimate of drug-likeness (QED) is 0.548.